The zero-order valence-corrected chi connectivity index (χ0v) is 17.2. The number of carbonyl (C=O) groups excluding carboxylic acids is 1. The molecule has 3 heteroatoms. The predicted octanol–water partition coefficient (Wildman–Crippen LogP) is 6.03. The smallest absolute Gasteiger partial charge is 0.194 e. The molecule has 1 unspecified atom stereocenters. The Balaban J connectivity index is 0.000000141. The minimum atomic E-state index is -1.10. The van der Waals surface area contributed by atoms with Crippen molar-refractivity contribution in [2.45, 2.75) is 81.5 Å². The van der Waals surface area contributed by atoms with Gasteiger partial charge in [0.05, 0.1) is 5.60 Å². The number of ketones is 1. The number of epoxide rings is 1. The van der Waals surface area contributed by atoms with Gasteiger partial charge in [0.1, 0.15) is 11.7 Å². The fraction of sp³-hybridized carbons (Fsp3) is 0.500. The minimum Gasteiger partial charge on any atom is -0.382 e. The fourth-order valence-corrected chi connectivity index (χ4v) is 4.95. The van der Waals surface area contributed by atoms with Gasteiger partial charge in [-0.05, 0) is 31.2 Å². The van der Waals surface area contributed by atoms with Crippen molar-refractivity contribution in [2.24, 2.45) is 0 Å². The topological polar surface area (TPSA) is 49.8 Å². The molecule has 2 aliphatic carbocycles. The Morgan fingerprint density at radius 1 is 0.759 bits per heavy atom. The lowest BCUT2D eigenvalue weighted by Crippen LogP contribution is -2.40. The molecule has 3 fully saturated rings. The molecule has 2 saturated carbocycles. The van der Waals surface area contributed by atoms with Crippen LogP contribution in [0.3, 0.4) is 0 Å². The molecule has 29 heavy (non-hydrogen) atoms. The van der Waals surface area contributed by atoms with E-state index in [9.17, 15) is 9.90 Å². The Kier molecular flexibility index (Phi) is 6.17. The first-order chi connectivity index (χ1) is 14.1. The van der Waals surface area contributed by atoms with E-state index in [0.717, 1.165) is 19.3 Å². The number of ether oxygens (including phenoxy) is 1. The molecule has 3 aliphatic rings. The second-order valence-electron chi connectivity index (χ2n) is 8.82. The summed E-state index contributed by atoms with van der Waals surface area (Å²) >= 11 is 0. The van der Waals surface area contributed by atoms with Gasteiger partial charge >= 0.3 is 0 Å². The van der Waals surface area contributed by atoms with Gasteiger partial charge in [-0.15, -0.1) is 0 Å². The monoisotopic (exact) mass is 392 g/mol. The molecule has 154 valence electrons. The Labute approximate surface area is 174 Å². The number of aliphatic hydroxyl groups is 1. The maximum Gasteiger partial charge on any atom is 0.194 e. The van der Waals surface area contributed by atoms with Crippen molar-refractivity contribution in [3.63, 3.8) is 0 Å². The summed E-state index contributed by atoms with van der Waals surface area (Å²) in [5.74, 6) is -0.109. The molecule has 0 radical (unpaired) electrons. The fourth-order valence-electron chi connectivity index (χ4n) is 4.95. The van der Waals surface area contributed by atoms with Crippen LogP contribution in [0.2, 0.25) is 0 Å². The summed E-state index contributed by atoms with van der Waals surface area (Å²) in [4.78, 5) is 12.1. The molecule has 1 saturated heterocycles. The molecule has 1 spiro atoms. The number of carbonyl (C=O) groups is 1. The van der Waals surface area contributed by atoms with Gasteiger partial charge in [-0.1, -0.05) is 99.2 Å². The Morgan fingerprint density at radius 2 is 1.28 bits per heavy atom. The number of Topliss-reactive ketones (excluding diaryl/α,β-unsaturated/α-hetero) is 1. The highest BCUT2D eigenvalue weighted by molar-refractivity contribution is 6.02. The lowest BCUT2D eigenvalue weighted by molar-refractivity contribution is 0.0116. The van der Waals surface area contributed by atoms with Gasteiger partial charge in [0, 0.05) is 5.56 Å². The third-order valence-electron chi connectivity index (χ3n) is 6.71. The summed E-state index contributed by atoms with van der Waals surface area (Å²) in [7, 11) is 0. The molecule has 1 atom stereocenters. The molecule has 0 aromatic heterocycles. The van der Waals surface area contributed by atoms with Gasteiger partial charge in [0.25, 0.3) is 0 Å². The molecule has 1 heterocycles. The van der Waals surface area contributed by atoms with Crippen LogP contribution in [0.25, 0.3) is 0 Å². The second-order valence-corrected chi connectivity index (χ2v) is 8.82. The largest absolute Gasteiger partial charge is 0.382 e. The molecular weight excluding hydrogens is 360 g/mol. The first-order valence-electron chi connectivity index (χ1n) is 11.2. The normalized spacial score (nSPS) is 24.2. The van der Waals surface area contributed by atoms with Gasteiger partial charge in [-0.2, -0.15) is 0 Å². The maximum atomic E-state index is 12.1. The molecule has 2 aromatic rings. The molecule has 5 rings (SSSR count). The SMILES string of the molecule is O=C(c1ccccc1)C1(O)CCCCC1.c1ccc(C2OC23CCCCC3)cc1. The molecule has 0 amide bonds. The average Bonchev–Trinajstić information content (AvgIpc) is 3.48. The Bertz CT molecular complexity index is 787. The third kappa shape index (κ3) is 4.62. The van der Waals surface area contributed by atoms with Crippen molar-refractivity contribution < 1.29 is 14.6 Å². The highest BCUT2D eigenvalue weighted by Gasteiger charge is 2.56. The van der Waals surface area contributed by atoms with E-state index in [4.69, 9.17) is 4.74 Å². The minimum absolute atomic E-state index is 0.109. The van der Waals surface area contributed by atoms with E-state index in [1.54, 1.807) is 12.1 Å². The van der Waals surface area contributed by atoms with E-state index >= 15 is 0 Å². The summed E-state index contributed by atoms with van der Waals surface area (Å²) in [5.41, 5.74) is 1.15. The highest BCUT2D eigenvalue weighted by atomic mass is 16.6. The van der Waals surface area contributed by atoms with Crippen LogP contribution in [0.1, 0.15) is 86.2 Å². The van der Waals surface area contributed by atoms with Gasteiger partial charge in [-0.25, -0.2) is 0 Å². The Morgan fingerprint density at radius 3 is 1.86 bits per heavy atom. The molecule has 1 N–H and O–H groups in total. The van der Waals surface area contributed by atoms with Crippen molar-refractivity contribution in [1.29, 1.82) is 0 Å². The Hall–Kier alpha value is -1.97. The van der Waals surface area contributed by atoms with Crippen molar-refractivity contribution >= 4 is 5.78 Å². The standard InChI is InChI=1S/C13H16O2.C13H16O/c14-12(11-7-3-1-4-8-11)13(15)9-5-2-6-10-13;1-3-7-11(8-4-1)12-13(14-12)9-5-2-6-10-13/h1,3-4,7-8,15H,2,5-6,9-10H2;1,3-4,7-8,12H,2,5-6,9-10H2. The summed E-state index contributed by atoms with van der Waals surface area (Å²) in [6, 6.07) is 19.7. The van der Waals surface area contributed by atoms with Gasteiger partial charge in [-0.3, -0.25) is 4.79 Å². The van der Waals surface area contributed by atoms with E-state index in [-0.39, 0.29) is 11.4 Å². The molecular formula is C26H32O3. The molecule has 1 aliphatic heterocycles. The molecule has 2 aromatic carbocycles. The van der Waals surface area contributed by atoms with E-state index < -0.39 is 5.60 Å². The van der Waals surface area contributed by atoms with Gasteiger partial charge < -0.3 is 9.84 Å². The second kappa shape index (κ2) is 8.81. The van der Waals surface area contributed by atoms with Crippen LogP contribution in [-0.2, 0) is 4.74 Å². The lowest BCUT2D eigenvalue weighted by Gasteiger charge is -2.30. The summed E-state index contributed by atoms with van der Waals surface area (Å²) in [5, 5.41) is 10.2. The third-order valence-corrected chi connectivity index (χ3v) is 6.71. The van der Waals surface area contributed by atoms with Crippen LogP contribution in [0, 0.1) is 0 Å². The number of benzene rings is 2. The van der Waals surface area contributed by atoms with Crippen LogP contribution >= 0.6 is 0 Å². The summed E-state index contributed by atoms with van der Waals surface area (Å²) in [6.45, 7) is 0. The van der Waals surface area contributed by atoms with Gasteiger partial charge in [0.2, 0.25) is 0 Å². The van der Waals surface area contributed by atoms with Crippen LogP contribution in [0.4, 0.5) is 0 Å². The summed E-state index contributed by atoms with van der Waals surface area (Å²) in [6.07, 6.45) is 11.3. The van der Waals surface area contributed by atoms with E-state index in [0.29, 0.717) is 24.5 Å². The van der Waals surface area contributed by atoms with Crippen molar-refractivity contribution in [1.82, 2.24) is 0 Å². The number of hydrogen-bond donors (Lipinski definition) is 1. The first kappa shape index (κ1) is 20.3. The van der Waals surface area contributed by atoms with Crippen molar-refractivity contribution in [3.05, 3.63) is 71.8 Å². The first-order valence-corrected chi connectivity index (χ1v) is 11.2. The zero-order valence-electron chi connectivity index (χ0n) is 17.2. The van der Waals surface area contributed by atoms with Gasteiger partial charge in [0.15, 0.2) is 5.78 Å². The quantitative estimate of drug-likeness (QED) is 0.513. The lowest BCUT2D eigenvalue weighted by atomic mass is 9.79. The highest BCUT2D eigenvalue weighted by Crippen LogP contribution is 2.57. The van der Waals surface area contributed by atoms with Crippen molar-refractivity contribution in [2.75, 3.05) is 0 Å². The van der Waals surface area contributed by atoms with E-state index in [1.165, 1.54) is 37.7 Å². The van der Waals surface area contributed by atoms with E-state index in [1.807, 2.05) is 18.2 Å². The number of hydrogen-bond acceptors (Lipinski definition) is 3. The number of rotatable bonds is 3. The molecule has 3 nitrogen and oxygen atoms in total. The zero-order chi connectivity index (χ0) is 20.2. The van der Waals surface area contributed by atoms with E-state index in [2.05, 4.69) is 30.3 Å². The van der Waals surface area contributed by atoms with Crippen LogP contribution in [0.15, 0.2) is 60.7 Å². The van der Waals surface area contributed by atoms with Crippen LogP contribution < -0.4 is 0 Å². The van der Waals surface area contributed by atoms with Crippen LogP contribution in [-0.4, -0.2) is 22.1 Å². The summed E-state index contributed by atoms with van der Waals surface area (Å²) < 4.78 is 5.93. The van der Waals surface area contributed by atoms with Crippen LogP contribution in [0.5, 0.6) is 0 Å². The predicted molar refractivity (Wildman–Crippen MR) is 115 cm³/mol. The maximum absolute atomic E-state index is 12.1. The molecule has 0 bridgehead atoms. The average molecular weight is 393 g/mol. The van der Waals surface area contributed by atoms with Crippen molar-refractivity contribution in [3.8, 4) is 0 Å².